The Balaban J connectivity index is 0.975. The number of benzene rings is 2. The standard InChI is InChI=1S/C42H53N7O7/c1-24(2)35(46-38(50)29-9-10-29)41(53)48-17-19-55-22-33(48)37-43-21-32(45-37)28-7-5-26(6-8-28)27-13-15-31(16-14-27)44-40(52)34-23-56-20-18-49(34)42(54)36(25(3)4)47-39(51)30-11-12-30/h5-8,13-16,21,24-25,29-30,33-36H,9-12,17-20,22-23H2,1-4H3,(H,43,45)(H,44,52)(H,46,50)(H,47,51). The number of aromatic nitrogens is 2. The van der Waals surface area contributed by atoms with Crippen molar-refractivity contribution in [2.24, 2.45) is 23.7 Å². The van der Waals surface area contributed by atoms with Crippen LogP contribution in [0.4, 0.5) is 5.69 Å². The first-order valence-corrected chi connectivity index (χ1v) is 19.9. The van der Waals surface area contributed by atoms with Gasteiger partial charge in [0.1, 0.15) is 30.0 Å². The third-order valence-electron chi connectivity index (χ3n) is 11.1. The van der Waals surface area contributed by atoms with Crippen LogP contribution in [0.5, 0.6) is 0 Å². The molecule has 14 heteroatoms. The predicted octanol–water partition coefficient (Wildman–Crippen LogP) is 3.91. The van der Waals surface area contributed by atoms with E-state index in [1.165, 1.54) is 4.90 Å². The van der Waals surface area contributed by atoms with E-state index in [9.17, 15) is 24.0 Å². The smallest absolute Gasteiger partial charge is 0.249 e. The van der Waals surface area contributed by atoms with Gasteiger partial charge in [-0.1, -0.05) is 64.1 Å². The SMILES string of the molecule is CC(C)C(NC(=O)C1CC1)C(=O)N1CCOCC1C(=O)Nc1ccc(-c2ccc(-c3cnc(C4COCCN4C(=O)C(NC(=O)C4CC4)C(C)C)[nH]3)cc2)cc1. The number of hydrogen-bond donors (Lipinski definition) is 4. The number of amides is 5. The van der Waals surface area contributed by atoms with Gasteiger partial charge in [-0.2, -0.15) is 0 Å². The summed E-state index contributed by atoms with van der Waals surface area (Å²) >= 11 is 0. The topological polar surface area (TPSA) is 175 Å². The summed E-state index contributed by atoms with van der Waals surface area (Å²) in [5, 5.41) is 8.86. The molecule has 298 valence electrons. The molecular weight excluding hydrogens is 715 g/mol. The third-order valence-corrected chi connectivity index (χ3v) is 11.1. The molecule has 1 aromatic heterocycles. The molecular formula is C42H53N7O7. The summed E-state index contributed by atoms with van der Waals surface area (Å²) in [4.78, 5) is 77.4. The van der Waals surface area contributed by atoms with E-state index >= 15 is 0 Å². The molecule has 4 aliphatic rings. The van der Waals surface area contributed by atoms with Gasteiger partial charge in [-0.15, -0.1) is 0 Å². The second-order valence-corrected chi connectivity index (χ2v) is 16.1. The van der Waals surface area contributed by atoms with E-state index in [2.05, 4.69) is 25.9 Å². The molecule has 7 rings (SSSR count). The number of carbonyl (C=O) groups excluding carboxylic acids is 5. The summed E-state index contributed by atoms with van der Waals surface area (Å²) in [5.41, 5.74) is 4.23. The van der Waals surface area contributed by atoms with Crippen molar-refractivity contribution in [3.63, 3.8) is 0 Å². The van der Waals surface area contributed by atoms with Crippen LogP contribution in [0, 0.1) is 23.7 Å². The third kappa shape index (κ3) is 8.97. The van der Waals surface area contributed by atoms with Gasteiger partial charge in [0.25, 0.3) is 0 Å². The predicted molar refractivity (Wildman–Crippen MR) is 209 cm³/mol. The van der Waals surface area contributed by atoms with Crippen LogP contribution in [0.15, 0.2) is 54.7 Å². The van der Waals surface area contributed by atoms with E-state index in [1.54, 1.807) is 11.1 Å². The van der Waals surface area contributed by atoms with Crippen molar-refractivity contribution in [1.29, 1.82) is 0 Å². The number of ether oxygens (including phenoxy) is 2. The average molecular weight is 768 g/mol. The maximum absolute atomic E-state index is 13.8. The Labute approximate surface area is 327 Å². The second kappa shape index (κ2) is 17.0. The fourth-order valence-corrected chi connectivity index (χ4v) is 7.26. The number of aromatic amines is 1. The molecule has 2 aliphatic heterocycles. The molecule has 4 fully saturated rings. The molecule has 3 heterocycles. The number of H-pyrrole nitrogens is 1. The summed E-state index contributed by atoms with van der Waals surface area (Å²) in [6, 6.07) is 13.0. The highest BCUT2D eigenvalue weighted by Gasteiger charge is 2.41. The van der Waals surface area contributed by atoms with Crippen LogP contribution in [-0.4, -0.2) is 107 Å². The molecule has 2 saturated carbocycles. The van der Waals surface area contributed by atoms with E-state index in [4.69, 9.17) is 9.47 Å². The van der Waals surface area contributed by atoms with Gasteiger partial charge in [0.15, 0.2) is 0 Å². The molecule has 0 spiro atoms. The molecule has 56 heavy (non-hydrogen) atoms. The lowest BCUT2D eigenvalue weighted by molar-refractivity contribution is -0.150. The van der Waals surface area contributed by atoms with E-state index in [0.29, 0.717) is 37.9 Å². The van der Waals surface area contributed by atoms with Crippen LogP contribution >= 0.6 is 0 Å². The van der Waals surface area contributed by atoms with Crippen molar-refractivity contribution in [2.45, 2.75) is 77.5 Å². The molecule has 2 aromatic carbocycles. The molecule has 2 aliphatic carbocycles. The fraction of sp³-hybridized carbons (Fsp3) is 0.524. The van der Waals surface area contributed by atoms with Gasteiger partial charge >= 0.3 is 0 Å². The van der Waals surface area contributed by atoms with Gasteiger partial charge in [0, 0.05) is 30.6 Å². The first-order chi connectivity index (χ1) is 27.0. The highest BCUT2D eigenvalue weighted by molar-refractivity contribution is 5.99. The van der Waals surface area contributed by atoms with Crippen molar-refractivity contribution in [1.82, 2.24) is 30.4 Å². The monoisotopic (exact) mass is 767 g/mol. The fourth-order valence-electron chi connectivity index (χ4n) is 7.26. The number of hydrogen-bond acceptors (Lipinski definition) is 8. The summed E-state index contributed by atoms with van der Waals surface area (Å²) in [6.45, 7) is 9.47. The largest absolute Gasteiger partial charge is 0.377 e. The quantitative estimate of drug-likeness (QED) is 0.203. The van der Waals surface area contributed by atoms with E-state index < -0.39 is 24.2 Å². The minimum Gasteiger partial charge on any atom is -0.377 e. The number of carbonyl (C=O) groups is 5. The Morgan fingerprint density at radius 3 is 1.73 bits per heavy atom. The number of rotatable bonds is 13. The van der Waals surface area contributed by atoms with Crippen molar-refractivity contribution in [3.05, 3.63) is 60.6 Å². The molecule has 0 radical (unpaired) electrons. The van der Waals surface area contributed by atoms with Crippen LogP contribution < -0.4 is 16.0 Å². The maximum Gasteiger partial charge on any atom is 0.249 e. The Bertz CT molecular complexity index is 1900. The Morgan fingerprint density at radius 1 is 0.679 bits per heavy atom. The van der Waals surface area contributed by atoms with Crippen LogP contribution in [0.2, 0.25) is 0 Å². The lowest BCUT2D eigenvalue weighted by Gasteiger charge is -2.37. The zero-order chi connectivity index (χ0) is 39.5. The molecule has 4 atom stereocenters. The van der Waals surface area contributed by atoms with Crippen LogP contribution in [-0.2, 0) is 33.4 Å². The molecule has 5 amide bonds. The van der Waals surface area contributed by atoms with Crippen molar-refractivity contribution >= 4 is 35.2 Å². The minimum atomic E-state index is -0.823. The second-order valence-electron chi connectivity index (χ2n) is 16.1. The molecule has 4 N–H and O–H groups in total. The van der Waals surface area contributed by atoms with Gasteiger partial charge < -0.3 is 40.2 Å². The van der Waals surface area contributed by atoms with Crippen LogP contribution in [0.3, 0.4) is 0 Å². The zero-order valence-electron chi connectivity index (χ0n) is 32.6. The zero-order valence-corrected chi connectivity index (χ0v) is 32.6. The van der Waals surface area contributed by atoms with E-state index in [0.717, 1.165) is 48.1 Å². The van der Waals surface area contributed by atoms with Crippen LogP contribution in [0.25, 0.3) is 22.4 Å². The highest BCUT2D eigenvalue weighted by Crippen LogP contribution is 2.32. The Hall–Kier alpha value is -5.08. The number of nitrogens with zero attached hydrogens (tertiary/aromatic N) is 3. The maximum atomic E-state index is 13.8. The van der Waals surface area contributed by atoms with Gasteiger partial charge in [-0.3, -0.25) is 24.0 Å². The number of anilines is 1. The molecule has 0 bridgehead atoms. The first kappa shape index (κ1) is 39.2. The van der Waals surface area contributed by atoms with Crippen LogP contribution in [0.1, 0.15) is 65.2 Å². The van der Waals surface area contributed by atoms with Crippen molar-refractivity contribution in [2.75, 3.05) is 44.8 Å². The van der Waals surface area contributed by atoms with Gasteiger partial charge in [-0.25, -0.2) is 4.98 Å². The molecule has 14 nitrogen and oxygen atoms in total. The van der Waals surface area contributed by atoms with E-state index in [1.807, 2.05) is 76.2 Å². The number of morpholine rings is 2. The lowest BCUT2D eigenvalue weighted by Crippen LogP contribution is -2.60. The first-order valence-electron chi connectivity index (χ1n) is 19.9. The highest BCUT2D eigenvalue weighted by atomic mass is 16.5. The lowest BCUT2D eigenvalue weighted by atomic mass is 10.0. The Kier molecular flexibility index (Phi) is 11.9. The minimum absolute atomic E-state index is 0.0153. The van der Waals surface area contributed by atoms with Gasteiger partial charge in [0.05, 0.1) is 38.3 Å². The number of imidazole rings is 1. The summed E-state index contributed by atoms with van der Waals surface area (Å²) in [6.07, 6.45) is 5.19. The summed E-state index contributed by atoms with van der Waals surface area (Å²) < 4.78 is 11.4. The normalized spacial score (nSPS) is 21.0. The Morgan fingerprint density at radius 2 is 1.18 bits per heavy atom. The molecule has 3 aromatic rings. The van der Waals surface area contributed by atoms with Crippen molar-refractivity contribution < 1.29 is 33.4 Å². The van der Waals surface area contributed by atoms with Gasteiger partial charge in [-0.05, 0) is 66.3 Å². The average Bonchev–Trinajstić information content (AvgIpc) is 4.16. The van der Waals surface area contributed by atoms with E-state index in [-0.39, 0.29) is 66.4 Å². The summed E-state index contributed by atoms with van der Waals surface area (Å²) in [5.74, 6) is -0.477. The summed E-state index contributed by atoms with van der Waals surface area (Å²) in [7, 11) is 0. The van der Waals surface area contributed by atoms with Gasteiger partial charge in [0.2, 0.25) is 29.5 Å². The molecule has 2 saturated heterocycles. The molecule has 4 unspecified atom stereocenters. The van der Waals surface area contributed by atoms with Crippen molar-refractivity contribution in [3.8, 4) is 22.4 Å². The number of nitrogens with one attached hydrogen (secondary N) is 4.